The summed E-state index contributed by atoms with van der Waals surface area (Å²) in [4.78, 5) is 36.7. The maximum atomic E-state index is 12.5. The molecule has 40 heavy (non-hydrogen) atoms. The number of methoxy groups -OCH3 is 1. The minimum absolute atomic E-state index is 0.132. The van der Waals surface area contributed by atoms with Crippen molar-refractivity contribution in [2.75, 3.05) is 25.8 Å². The van der Waals surface area contributed by atoms with E-state index in [1.807, 2.05) is 32.9 Å². The molecule has 0 aliphatic carbocycles. The Morgan fingerprint density at radius 3 is 2.42 bits per heavy atom. The molecular formula is C29H30N4O7. The fourth-order valence-corrected chi connectivity index (χ4v) is 4.11. The molecule has 0 aromatic heterocycles. The van der Waals surface area contributed by atoms with E-state index in [2.05, 4.69) is 21.2 Å². The van der Waals surface area contributed by atoms with Crippen molar-refractivity contribution < 1.29 is 33.3 Å². The SMILES string of the molecule is COc1cc(/C=N\NC(=O)C(=O)NCc2ccc3c(c2)OCO3)ccc1OCC(=O)Nc1c(C)cc(C)cc1C. The second-order valence-corrected chi connectivity index (χ2v) is 9.09. The molecule has 0 saturated carbocycles. The number of ether oxygens (including phenoxy) is 4. The van der Waals surface area contributed by atoms with Gasteiger partial charge in [0.15, 0.2) is 29.6 Å². The number of benzene rings is 3. The van der Waals surface area contributed by atoms with Crippen LogP contribution in [0.5, 0.6) is 23.0 Å². The van der Waals surface area contributed by atoms with Crippen LogP contribution in [0.3, 0.4) is 0 Å². The molecule has 3 N–H and O–H groups in total. The van der Waals surface area contributed by atoms with Gasteiger partial charge in [0, 0.05) is 12.2 Å². The zero-order chi connectivity index (χ0) is 28.6. The Labute approximate surface area is 231 Å². The Morgan fingerprint density at radius 1 is 0.925 bits per heavy atom. The van der Waals surface area contributed by atoms with Crippen molar-refractivity contribution in [1.29, 1.82) is 0 Å². The number of amides is 3. The quantitative estimate of drug-likeness (QED) is 0.213. The smallest absolute Gasteiger partial charge is 0.329 e. The summed E-state index contributed by atoms with van der Waals surface area (Å²) < 4.78 is 21.6. The normalized spacial score (nSPS) is 11.7. The van der Waals surface area contributed by atoms with Crippen LogP contribution >= 0.6 is 0 Å². The lowest BCUT2D eigenvalue weighted by Crippen LogP contribution is -2.37. The number of nitrogens with zero attached hydrogens (tertiary/aromatic N) is 1. The highest BCUT2D eigenvalue weighted by Gasteiger charge is 2.16. The first-order chi connectivity index (χ1) is 19.2. The largest absolute Gasteiger partial charge is 0.493 e. The second kappa shape index (κ2) is 12.7. The van der Waals surface area contributed by atoms with Crippen LogP contribution in [0.2, 0.25) is 0 Å². The number of hydrogen-bond donors (Lipinski definition) is 3. The van der Waals surface area contributed by atoms with E-state index in [0.717, 1.165) is 27.9 Å². The first-order valence-corrected chi connectivity index (χ1v) is 12.4. The van der Waals surface area contributed by atoms with Crippen molar-refractivity contribution >= 4 is 29.6 Å². The number of aryl methyl sites for hydroxylation is 3. The van der Waals surface area contributed by atoms with Crippen LogP contribution in [0, 0.1) is 20.8 Å². The van der Waals surface area contributed by atoms with Gasteiger partial charge in [-0.25, -0.2) is 5.43 Å². The Bertz CT molecular complexity index is 1450. The number of fused-ring (bicyclic) bond motifs is 1. The third-order valence-electron chi connectivity index (χ3n) is 5.96. The van der Waals surface area contributed by atoms with Gasteiger partial charge in [-0.15, -0.1) is 0 Å². The van der Waals surface area contributed by atoms with E-state index in [9.17, 15) is 14.4 Å². The maximum Gasteiger partial charge on any atom is 0.329 e. The standard InChI is InChI=1S/C29H30N4O7/c1-17-9-18(2)27(19(3)10-17)32-26(34)15-38-22-7-6-21(11-24(22)37-4)14-31-33-29(36)28(35)30-13-20-5-8-23-25(12-20)40-16-39-23/h5-12,14H,13,15-16H2,1-4H3,(H,30,35)(H,32,34)(H,33,36)/b31-14-. The van der Waals surface area contributed by atoms with E-state index in [0.29, 0.717) is 28.6 Å². The van der Waals surface area contributed by atoms with Crippen LogP contribution in [0.4, 0.5) is 5.69 Å². The zero-order valence-electron chi connectivity index (χ0n) is 22.6. The number of hydrogen-bond acceptors (Lipinski definition) is 8. The van der Waals surface area contributed by atoms with Crippen LogP contribution in [-0.4, -0.2) is 44.4 Å². The lowest BCUT2D eigenvalue weighted by Gasteiger charge is -2.14. The first kappa shape index (κ1) is 28.0. The fraction of sp³-hybridized carbons (Fsp3) is 0.241. The van der Waals surface area contributed by atoms with Gasteiger partial charge < -0.3 is 29.6 Å². The highest BCUT2D eigenvalue weighted by molar-refractivity contribution is 6.35. The molecule has 208 valence electrons. The van der Waals surface area contributed by atoms with E-state index in [-0.39, 0.29) is 25.9 Å². The van der Waals surface area contributed by atoms with E-state index in [1.54, 1.807) is 36.4 Å². The number of rotatable bonds is 9. The summed E-state index contributed by atoms with van der Waals surface area (Å²) in [7, 11) is 1.47. The maximum absolute atomic E-state index is 12.5. The number of nitrogens with one attached hydrogen (secondary N) is 3. The molecule has 0 bridgehead atoms. The molecule has 4 rings (SSSR count). The van der Waals surface area contributed by atoms with Crippen molar-refractivity contribution in [2.24, 2.45) is 5.10 Å². The average Bonchev–Trinajstić information content (AvgIpc) is 3.40. The molecule has 0 unspecified atom stereocenters. The summed E-state index contributed by atoms with van der Waals surface area (Å²) in [5.41, 5.74) is 7.34. The van der Waals surface area contributed by atoms with Gasteiger partial charge in [-0.3, -0.25) is 14.4 Å². The zero-order valence-corrected chi connectivity index (χ0v) is 22.6. The molecule has 0 fully saturated rings. The predicted octanol–water partition coefficient (Wildman–Crippen LogP) is 3.13. The first-order valence-electron chi connectivity index (χ1n) is 12.4. The van der Waals surface area contributed by atoms with Crippen molar-refractivity contribution in [2.45, 2.75) is 27.3 Å². The Hall–Kier alpha value is -5.06. The van der Waals surface area contributed by atoms with E-state index in [1.165, 1.54) is 13.3 Å². The average molecular weight is 547 g/mol. The molecule has 3 amide bonds. The predicted molar refractivity (Wildman–Crippen MR) is 148 cm³/mol. The molecule has 1 aliphatic heterocycles. The molecule has 3 aromatic rings. The Morgan fingerprint density at radius 2 is 1.68 bits per heavy atom. The number of carbonyl (C=O) groups is 3. The van der Waals surface area contributed by atoms with Gasteiger partial charge >= 0.3 is 11.8 Å². The molecule has 0 radical (unpaired) electrons. The Balaban J connectivity index is 1.26. The molecule has 0 saturated heterocycles. The van der Waals surface area contributed by atoms with Crippen molar-refractivity contribution in [1.82, 2.24) is 10.7 Å². The number of anilines is 1. The lowest BCUT2D eigenvalue weighted by molar-refractivity contribution is -0.139. The van der Waals surface area contributed by atoms with Crippen LogP contribution in [-0.2, 0) is 20.9 Å². The molecule has 3 aromatic carbocycles. The molecule has 0 atom stereocenters. The van der Waals surface area contributed by atoms with Crippen molar-refractivity contribution in [3.05, 3.63) is 76.3 Å². The lowest BCUT2D eigenvalue weighted by atomic mass is 10.1. The minimum atomic E-state index is -0.922. The molecule has 1 heterocycles. The van der Waals surface area contributed by atoms with Gasteiger partial charge in [0.2, 0.25) is 6.79 Å². The van der Waals surface area contributed by atoms with Crippen LogP contribution in [0.15, 0.2) is 53.6 Å². The third-order valence-corrected chi connectivity index (χ3v) is 5.96. The highest BCUT2D eigenvalue weighted by atomic mass is 16.7. The van der Waals surface area contributed by atoms with E-state index < -0.39 is 11.8 Å². The number of carbonyl (C=O) groups excluding carboxylic acids is 3. The van der Waals surface area contributed by atoms with Crippen LogP contribution < -0.4 is 35.0 Å². The van der Waals surface area contributed by atoms with Gasteiger partial charge in [0.25, 0.3) is 5.91 Å². The van der Waals surface area contributed by atoms with E-state index in [4.69, 9.17) is 18.9 Å². The summed E-state index contributed by atoms with van der Waals surface area (Å²) >= 11 is 0. The van der Waals surface area contributed by atoms with Gasteiger partial charge in [-0.2, -0.15) is 5.10 Å². The van der Waals surface area contributed by atoms with Crippen LogP contribution in [0.25, 0.3) is 0 Å². The molecule has 11 nitrogen and oxygen atoms in total. The van der Waals surface area contributed by atoms with Crippen molar-refractivity contribution in [3.8, 4) is 23.0 Å². The number of hydrazone groups is 1. The van der Waals surface area contributed by atoms with E-state index >= 15 is 0 Å². The minimum Gasteiger partial charge on any atom is -0.493 e. The summed E-state index contributed by atoms with van der Waals surface area (Å²) in [6, 6.07) is 14.2. The third kappa shape index (κ3) is 7.07. The summed E-state index contributed by atoms with van der Waals surface area (Å²) in [5, 5.41) is 9.24. The fourth-order valence-electron chi connectivity index (χ4n) is 4.11. The highest BCUT2D eigenvalue weighted by Crippen LogP contribution is 2.32. The monoisotopic (exact) mass is 546 g/mol. The van der Waals surface area contributed by atoms with Gasteiger partial charge in [0.05, 0.1) is 13.3 Å². The van der Waals surface area contributed by atoms with Crippen molar-refractivity contribution in [3.63, 3.8) is 0 Å². The molecule has 0 spiro atoms. The summed E-state index contributed by atoms with van der Waals surface area (Å²) in [6.07, 6.45) is 1.35. The molecular weight excluding hydrogens is 516 g/mol. The molecule has 11 heteroatoms. The topological polar surface area (TPSA) is 137 Å². The second-order valence-electron chi connectivity index (χ2n) is 9.09. The summed E-state index contributed by atoms with van der Waals surface area (Å²) in [6.45, 7) is 5.95. The van der Waals surface area contributed by atoms with Gasteiger partial charge in [-0.05, 0) is 73.4 Å². The van der Waals surface area contributed by atoms with Crippen LogP contribution in [0.1, 0.15) is 27.8 Å². The Kier molecular flexibility index (Phi) is 8.85. The molecule has 1 aliphatic rings. The summed E-state index contributed by atoms with van der Waals surface area (Å²) in [5.74, 6) is -0.122. The van der Waals surface area contributed by atoms with Gasteiger partial charge in [-0.1, -0.05) is 23.8 Å². The van der Waals surface area contributed by atoms with Gasteiger partial charge in [0.1, 0.15) is 0 Å².